The molecule has 0 aliphatic heterocycles. The van der Waals surface area contributed by atoms with Crippen molar-refractivity contribution in [1.82, 2.24) is 0 Å². The van der Waals surface area contributed by atoms with Crippen molar-refractivity contribution >= 4 is 0 Å². The Morgan fingerprint density at radius 2 is 1.81 bits per heavy atom. The molecule has 1 aromatic rings. The van der Waals surface area contributed by atoms with Gasteiger partial charge < -0.3 is 19.6 Å². The number of hydrogen-bond donors (Lipinski definition) is 1. The normalized spacial score (nSPS) is 43.5. The van der Waals surface area contributed by atoms with E-state index >= 15 is 0 Å². The summed E-state index contributed by atoms with van der Waals surface area (Å²) in [5.41, 5.74) is 7.98. The van der Waals surface area contributed by atoms with E-state index in [1.807, 2.05) is 12.5 Å². The van der Waals surface area contributed by atoms with Gasteiger partial charge in [-0.2, -0.15) is 0 Å². The van der Waals surface area contributed by atoms with Crippen LogP contribution in [0.5, 0.6) is 0 Å². The van der Waals surface area contributed by atoms with E-state index in [4.69, 9.17) is 19.6 Å². The molecular formula is C28H45NO3. The van der Waals surface area contributed by atoms with Crippen molar-refractivity contribution < 1.29 is 13.9 Å². The summed E-state index contributed by atoms with van der Waals surface area (Å²) in [7, 11) is 0. The van der Waals surface area contributed by atoms with Crippen LogP contribution in [0.4, 0.5) is 0 Å². The molecule has 0 bridgehead atoms. The maximum absolute atomic E-state index is 6.27. The molecule has 1 aromatic heterocycles. The third-order valence-electron chi connectivity index (χ3n) is 10.6. The summed E-state index contributed by atoms with van der Waals surface area (Å²) in [6.45, 7) is 8.19. The number of hydrogen-bond acceptors (Lipinski definition) is 4. The van der Waals surface area contributed by atoms with Crippen LogP contribution in [-0.2, 0) is 9.47 Å². The van der Waals surface area contributed by atoms with Gasteiger partial charge in [0.2, 0.25) is 0 Å². The van der Waals surface area contributed by atoms with Gasteiger partial charge in [-0.05, 0) is 123 Å². The van der Waals surface area contributed by atoms with E-state index in [0.717, 1.165) is 43.3 Å². The number of nitrogens with two attached hydrogens (primary N) is 1. The van der Waals surface area contributed by atoms with E-state index in [1.54, 1.807) is 0 Å². The molecule has 4 fully saturated rings. The summed E-state index contributed by atoms with van der Waals surface area (Å²) in [5, 5.41) is 0. The molecule has 4 heteroatoms. The van der Waals surface area contributed by atoms with Crippen LogP contribution in [0.1, 0.15) is 89.5 Å². The summed E-state index contributed by atoms with van der Waals surface area (Å²) >= 11 is 0. The van der Waals surface area contributed by atoms with Crippen LogP contribution >= 0.6 is 0 Å². The molecule has 0 radical (unpaired) electrons. The van der Waals surface area contributed by atoms with E-state index in [2.05, 4.69) is 19.9 Å². The van der Waals surface area contributed by atoms with Crippen molar-refractivity contribution in [2.45, 2.75) is 90.1 Å². The first kappa shape index (κ1) is 22.9. The largest absolute Gasteiger partial charge is 0.472 e. The van der Waals surface area contributed by atoms with Gasteiger partial charge in [0.1, 0.15) is 0 Å². The Labute approximate surface area is 195 Å². The molecule has 0 saturated heterocycles. The molecule has 1 heterocycles. The first-order valence-electron chi connectivity index (χ1n) is 13.5. The third-order valence-corrected chi connectivity index (χ3v) is 10.6. The predicted molar refractivity (Wildman–Crippen MR) is 127 cm³/mol. The van der Waals surface area contributed by atoms with Gasteiger partial charge in [-0.1, -0.05) is 13.8 Å². The standard InChI is InChI=1S/C28H45NO3/c1-27-11-8-22(32-17-16-30-14-3-13-29)18-21(27)4-5-23-25-7-6-24(20-10-15-31-19-20)28(25,2)12-9-26(23)27/h10,15,19,21-26H,3-9,11-14,16-18,29H2,1-2H3/t21?,22?,23-,24?,25-,26+,27-,28+/m0/s1. The van der Waals surface area contributed by atoms with E-state index < -0.39 is 0 Å². The van der Waals surface area contributed by atoms with Crippen molar-refractivity contribution in [3.8, 4) is 0 Å². The lowest BCUT2D eigenvalue weighted by Gasteiger charge is -2.61. The van der Waals surface area contributed by atoms with Crippen LogP contribution in [0, 0.1) is 34.5 Å². The Hall–Kier alpha value is -0.840. The van der Waals surface area contributed by atoms with Gasteiger partial charge in [-0.25, -0.2) is 0 Å². The smallest absolute Gasteiger partial charge is 0.0937 e. The second-order valence-corrected chi connectivity index (χ2v) is 11.9. The fraction of sp³-hybridized carbons (Fsp3) is 0.857. The summed E-state index contributed by atoms with van der Waals surface area (Å²) in [5.74, 6) is 4.30. The van der Waals surface area contributed by atoms with Crippen LogP contribution in [0.15, 0.2) is 23.0 Å². The number of fused-ring (bicyclic) bond motifs is 5. The Bertz CT molecular complexity index is 735. The van der Waals surface area contributed by atoms with Gasteiger partial charge in [0.05, 0.1) is 31.8 Å². The van der Waals surface area contributed by atoms with Gasteiger partial charge in [-0.15, -0.1) is 0 Å². The van der Waals surface area contributed by atoms with Crippen molar-refractivity contribution in [3.05, 3.63) is 24.2 Å². The molecule has 3 unspecified atom stereocenters. The SMILES string of the molecule is C[C@]12CCC(OCCOCCCN)CC1CC[C@@H]1[C@H]2CC[C@]2(C)C(c3ccoc3)CC[C@@H]12. The average molecular weight is 444 g/mol. The summed E-state index contributed by atoms with van der Waals surface area (Å²) in [6.07, 6.45) is 17.6. The van der Waals surface area contributed by atoms with Crippen LogP contribution in [0.3, 0.4) is 0 Å². The van der Waals surface area contributed by atoms with Crippen molar-refractivity contribution in [1.29, 1.82) is 0 Å². The number of rotatable bonds is 8. The van der Waals surface area contributed by atoms with Crippen LogP contribution in [-0.4, -0.2) is 32.5 Å². The minimum atomic E-state index is 0.438. The minimum Gasteiger partial charge on any atom is -0.472 e. The Morgan fingerprint density at radius 3 is 2.62 bits per heavy atom. The molecular weight excluding hydrogens is 398 g/mol. The highest BCUT2D eigenvalue weighted by atomic mass is 16.5. The zero-order valence-electron chi connectivity index (χ0n) is 20.4. The Balaban J connectivity index is 1.20. The van der Waals surface area contributed by atoms with Gasteiger partial charge in [0.15, 0.2) is 0 Å². The van der Waals surface area contributed by atoms with Crippen molar-refractivity contribution in [2.75, 3.05) is 26.4 Å². The molecule has 0 aromatic carbocycles. The summed E-state index contributed by atoms with van der Waals surface area (Å²) in [4.78, 5) is 0. The molecule has 0 spiro atoms. The van der Waals surface area contributed by atoms with Crippen LogP contribution in [0.2, 0.25) is 0 Å². The first-order valence-corrected chi connectivity index (χ1v) is 13.5. The lowest BCUT2D eigenvalue weighted by molar-refractivity contribution is -0.133. The minimum absolute atomic E-state index is 0.438. The Morgan fingerprint density at radius 1 is 0.969 bits per heavy atom. The molecule has 2 N–H and O–H groups in total. The van der Waals surface area contributed by atoms with E-state index in [-0.39, 0.29) is 0 Å². The maximum atomic E-state index is 6.27. The molecule has 5 rings (SSSR count). The monoisotopic (exact) mass is 443 g/mol. The fourth-order valence-corrected chi connectivity index (χ4v) is 8.95. The first-order chi connectivity index (χ1) is 15.6. The number of furan rings is 1. The van der Waals surface area contributed by atoms with E-state index in [1.165, 1.54) is 63.4 Å². The lowest BCUT2D eigenvalue weighted by Crippen LogP contribution is -2.53. The second kappa shape index (κ2) is 9.43. The van der Waals surface area contributed by atoms with Crippen molar-refractivity contribution in [2.24, 2.45) is 40.2 Å². The zero-order valence-corrected chi connectivity index (χ0v) is 20.4. The third kappa shape index (κ3) is 3.99. The highest BCUT2D eigenvalue weighted by Crippen LogP contribution is 2.69. The zero-order chi connectivity index (χ0) is 22.2. The van der Waals surface area contributed by atoms with E-state index in [9.17, 15) is 0 Å². The molecule has 8 atom stereocenters. The average Bonchev–Trinajstić information content (AvgIpc) is 3.43. The fourth-order valence-electron chi connectivity index (χ4n) is 8.95. The molecule has 32 heavy (non-hydrogen) atoms. The quantitative estimate of drug-likeness (QED) is 0.489. The lowest BCUT2D eigenvalue weighted by atomic mass is 9.44. The van der Waals surface area contributed by atoms with Crippen LogP contribution < -0.4 is 5.73 Å². The highest BCUT2D eigenvalue weighted by Gasteiger charge is 2.60. The van der Waals surface area contributed by atoms with Gasteiger partial charge >= 0.3 is 0 Å². The highest BCUT2D eigenvalue weighted by molar-refractivity contribution is 5.22. The van der Waals surface area contributed by atoms with Crippen molar-refractivity contribution in [3.63, 3.8) is 0 Å². The number of ether oxygens (including phenoxy) is 2. The molecule has 0 amide bonds. The predicted octanol–water partition coefficient (Wildman–Crippen LogP) is 6.16. The van der Waals surface area contributed by atoms with Gasteiger partial charge in [0, 0.05) is 6.61 Å². The Kier molecular flexibility index (Phi) is 6.75. The van der Waals surface area contributed by atoms with Gasteiger partial charge in [0.25, 0.3) is 0 Å². The molecule has 180 valence electrons. The summed E-state index contributed by atoms with van der Waals surface area (Å²) < 4.78 is 17.4. The molecule has 4 aliphatic rings. The van der Waals surface area contributed by atoms with E-state index in [0.29, 0.717) is 36.0 Å². The molecule has 4 saturated carbocycles. The second-order valence-electron chi connectivity index (χ2n) is 11.9. The summed E-state index contributed by atoms with van der Waals surface area (Å²) in [6, 6.07) is 2.23. The topological polar surface area (TPSA) is 57.6 Å². The van der Waals surface area contributed by atoms with Gasteiger partial charge in [-0.3, -0.25) is 0 Å². The van der Waals surface area contributed by atoms with Crippen LogP contribution in [0.25, 0.3) is 0 Å². The molecule has 4 aliphatic carbocycles. The molecule has 4 nitrogen and oxygen atoms in total. The maximum Gasteiger partial charge on any atom is 0.0937 e.